The molecule has 33 heavy (non-hydrogen) atoms. The number of rotatable bonds is 10. The van der Waals surface area contributed by atoms with Crippen LogP contribution in [0, 0.1) is 0 Å². The third-order valence-electron chi connectivity index (χ3n) is 5.14. The number of thioether (sulfide) groups is 1. The number of hydrogen-bond acceptors (Lipinski definition) is 7. The monoisotopic (exact) mass is 472 g/mol. The number of nitrogens with zero attached hydrogens (tertiary/aromatic N) is 1. The Kier molecular flexibility index (Phi) is 9.14. The molecule has 3 atom stereocenters. The van der Waals surface area contributed by atoms with Crippen LogP contribution in [-0.2, 0) is 19.1 Å². The van der Waals surface area contributed by atoms with Gasteiger partial charge in [0.1, 0.15) is 24.9 Å². The van der Waals surface area contributed by atoms with Crippen LogP contribution in [-0.4, -0.2) is 71.2 Å². The van der Waals surface area contributed by atoms with Crippen molar-refractivity contribution in [3.05, 3.63) is 66.2 Å². The molecular formula is C24H28N2O6S. The first-order chi connectivity index (χ1) is 16.0. The highest BCUT2D eigenvalue weighted by Crippen LogP contribution is 2.29. The maximum absolute atomic E-state index is 13.4. The highest BCUT2D eigenvalue weighted by atomic mass is 32.2. The third-order valence-corrected chi connectivity index (χ3v) is 6.26. The van der Waals surface area contributed by atoms with E-state index in [2.05, 4.69) is 5.32 Å². The summed E-state index contributed by atoms with van der Waals surface area (Å²) >= 11 is 1.53. The molecule has 1 aliphatic heterocycles. The Hall–Kier alpha value is -3.04. The fourth-order valence-electron chi connectivity index (χ4n) is 3.58. The first kappa shape index (κ1) is 24.6. The molecule has 0 bridgehead atoms. The molecule has 2 aromatic rings. The molecule has 3 rings (SSSR count). The molecule has 0 aliphatic carbocycles. The lowest BCUT2D eigenvalue weighted by Gasteiger charge is -2.31. The number of esters is 1. The minimum absolute atomic E-state index is 0.0294. The second-order valence-electron chi connectivity index (χ2n) is 7.47. The zero-order valence-corrected chi connectivity index (χ0v) is 19.2. The van der Waals surface area contributed by atoms with Gasteiger partial charge in [-0.25, -0.2) is 0 Å². The standard InChI is InChI=1S/C24H28N2O6S/c1-2-31-24(30)19(14-32-18-11-7-4-8-12-18)25-20-15-33-16-21(17-9-5-3-6-10-17)26(23(20)29)13-22(27)28/h3-12,19-21,25H,2,13-16H2,1H3,(H,27,28). The number of carboxylic acids is 1. The first-order valence-electron chi connectivity index (χ1n) is 10.7. The van der Waals surface area contributed by atoms with Crippen LogP contribution in [0.25, 0.3) is 0 Å². The molecule has 2 N–H and O–H groups in total. The van der Waals surface area contributed by atoms with Crippen LogP contribution < -0.4 is 10.1 Å². The average molecular weight is 473 g/mol. The van der Waals surface area contributed by atoms with Gasteiger partial charge in [-0.05, 0) is 24.6 Å². The van der Waals surface area contributed by atoms with E-state index in [0.717, 1.165) is 5.56 Å². The Morgan fingerprint density at radius 2 is 1.79 bits per heavy atom. The lowest BCUT2D eigenvalue weighted by Crippen LogP contribution is -2.55. The van der Waals surface area contributed by atoms with Crippen molar-refractivity contribution < 1.29 is 29.0 Å². The smallest absolute Gasteiger partial charge is 0.326 e. The van der Waals surface area contributed by atoms with Crippen LogP contribution in [0.15, 0.2) is 60.7 Å². The molecule has 9 heteroatoms. The number of para-hydroxylation sites is 1. The van der Waals surface area contributed by atoms with Crippen LogP contribution in [0.2, 0.25) is 0 Å². The molecule has 176 valence electrons. The number of carbonyl (C=O) groups is 3. The summed E-state index contributed by atoms with van der Waals surface area (Å²) in [4.78, 5) is 39.0. The van der Waals surface area contributed by atoms with Crippen LogP contribution in [0.3, 0.4) is 0 Å². The quantitative estimate of drug-likeness (QED) is 0.508. The molecule has 0 spiro atoms. The van der Waals surface area contributed by atoms with Gasteiger partial charge in [-0.15, -0.1) is 0 Å². The number of carboxylic acid groups (broad SMARTS) is 1. The summed E-state index contributed by atoms with van der Waals surface area (Å²) in [5.41, 5.74) is 0.870. The number of amides is 1. The number of benzene rings is 2. The van der Waals surface area contributed by atoms with Crippen molar-refractivity contribution in [2.75, 3.05) is 31.3 Å². The van der Waals surface area contributed by atoms with Crippen LogP contribution in [0.5, 0.6) is 5.75 Å². The van der Waals surface area contributed by atoms with Gasteiger partial charge in [0.25, 0.3) is 0 Å². The molecule has 0 aromatic heterocycles. The molecule has 1 aliphatic rings. The van der Waals surface area contributed by atoms with E-state index < -0.39 is 30.6 Å². The fraction of sp³-hybridized carbons (Fsp3) is 0.375. The second kappa shape index (κ2) is 12.3. The van der Waals surface area contributed by atoms with Crippen molar-refractivity contribution in [1.29, 1.82) is 0 Å². The van der Waals surface area contributed by atoms with Gasteiger partial charge in [-0.1, -0.05) is 48.5 Å². The van der Waals surface area contributed by atoms with Crippen molar-refractivity contribution in [2.24, 2.45) is 0 Å². The third kappa shape index (κ3) is 6.97. The lowest BCUT2D eigenvalue weighted by molar-refractivity contribution is -0.149. The highest BCUT2D eigenvalue weighted by molar-refractivity contribution is 7.99. The van der Waals surface area contributed by atoms with Gasteiger partial charge >= 0.3 is 11.9 Å². The normalized spacial score (nSPS) is 19.4. The summed E-state index contributed by atoms with van der Waals surface area (Å²) in [6.45, 7) is 1.44. The Morgan fingerprint density at radius 1 is 1.12 bits per heavy atom. The zero-order chi connectivity index (χ0) is 23.6. The van der Waals surface area contributed by atoms with E-state index in [0.29, 0.717) is 17.3 Å². The lowest BCUT2D eigenvalue weighted by atomic mass is 10.1. The minimum atomic E-state index is -1.09. The summed E-state index contributed by atoms with van der Waals surface area (Å²) in [6, 6.07) is 16.4. The van der Waals surface area contributed by atoms with Gasteiger partial charge in [-0.3, -0.25) is 19.7 Å². The molecule has 1 amide bonds. The van der Waals surface area contributed by atoms with Gasteiger partial charge < -0.3 is 19.5 Å². The Balaban J connectivity index is 1.79. The van der Waals surface area contributed by atoms with Gasteiger partial charge in [0.2, 0.25) is 5.91 Å². The second-order valence-corrected chi connectivity index (χ2v) is 8.55. The molecule has 2 aromatic carbocycles. The summed E-state index contributed by atoms with van der Waals surface area (Å²) in [6.07, 6.45) is 0. The van der Waals surface area contributed by atoms with Crippen LogP contribution >= 0.6 is 11.8 Å². The Bertz CT molecular complexity index is 927. The SMILES string of the molecule is CCOC(=O)C(COc1ccccc1)NC1CSCC(c2ccccc2)N(CC(=O)O)C1=O. The first-order valence-corrected chi connectivity index (χ1v) is 11.9. The summed E-state index contributed by atoms with van der Waals surface area (Å²) in [5, 5.41) is 12.5. The van der Waals surface area contributed by atoms with Crippen molar-refractivity contribution >= 4 is 29.6 Å². The Morgan fingerprint density at radius 3 is 2.42 bits per heavy atom. The fourth-order valence-corrected chi connectivity index (χ4v) is 4.79. The summed E-state index contributed by atoms with van der Waals surface area (Å²) < 4.78 is 10.9. The maximum atomic E-state index is 13.4. The number of ether oxygens (including phenoxy) is 2. The van der Waals surface area contributed by atoms with E-state index in [-0.39, 0.29) is 25.2 Å². The van der Waals surface area contributed by atoms with E-state index in [9.17, 15) is 19.5 Å². The number of carbonyl (C=O) groups excluding carboxylic acids is 2. The van der Waals surface area contributed by atoms with E-state index in [4.69, 9.17) is 9.47 Å². The molecule has 8 nitrogen and oxygen atoms in total. The van der Waals surface area contributed by atoms with Crippen LogP contribution in [0.4, 0.5) is 0 Å². The summed E-state index contributed by atoms with van der Waals surface area (Å²) in [5.74, 6) is -0.466. The van der Waals surface area contributed by atoms with Crippen LogP contribution in [0.1, 0.15) is 18.5 Å². The molecule has 0 radical (unpaired) electrons. The van der Waals surface area contributed by atoms with Gasteiger partial charge in [-0.2, -0.15) is 11.8 Å². The number of aliphatic carboxylic acids is 1. The molecular weight excluding hydrogens is 444 g/mol. The predicted octanol–water partition coefficient (Wildman–Crippen LogP) is 2.36. The molecule has 1 fully saturated rings. The topological polar surface area (TPSA) is 105 Å². The number of hydrogen-bond donors (Lipinski definition) is 2. The predicted molar refractivity (Wildman–Crippen MR) is 125 cm³/mol. The summed E-state index contributed by atoms with van der Waals surface area (Å²) in [7, 11) is 0. The molecule has 1 saturated heterocycles. The van der Waals surface area contributed by atoms with Gasteiger partial charge in [0.05, 0.1) is 18.7 Å². The van der Waals surface area contributed by atoms with E-state index >= 15 is 0 Å². The molecule has 1 heterocycles. The van der Waals surface area contributed by atoms with Crippen molar-refractivity contribution in [3.63, 3.8) is 0 Å². The maximum Gasteiger partial charge on any atom is 0.326 e. The number of nitrogens with one attached hydrogen (secondary N) is 1. The van der Waals surface area contributed by atoms with Crippen molar-refractivity contribution in [3.8, 4) is 5.75 Å². The molecule has 3 unspecified atom stereocenters. The van der Waals surface area contributed by atoms with Crippen molar-refractivity contribution in [2.45, 2.75) is 25.0 Å². The van der Waals surface area contributed by atoms with E-state index in [1.165, 1.54) is 16.7 Å². The largest absolute Gasteiger partial charge is 0.491 e. The van der Waals surface area contributed by atoms with E-state index in [1.54, 1.807) is 19.1 Å². The minimum Gasteiger partial charge on any atom is -0.491 e. The van der Waals surface area contributed by atoms with Crippen molar-refractivity contribution in [1.82, 2.24) is 10.2 Å². The highest BCUT2D eigenvalue weighted by Gasteiger charge is 2.37. The Labute approximate surface area is 197 Å². The average Bonchev–Trinajstić information content (AvgIpc) is 2.96. The van der Waals surface area contributed by atoms with E-state index in [1.807, 2.05) is 48.5 Å². The molecule has 0 saturated carbocycles. The van der Waals surface area contributed by atoms with Gasteiger partial charge in [0, 0.05) is 11.5 Å². The zero-order valence-electron chi connectivity index (χ0n) is 18.4. The van der Waals surface area contributed by atoms with Gasteiger partial charge in [0.15, 0.2) is 0 Å².